The van der Waals surface area contributed by atoms with E-state index in [1.807, 2.05) is 0 Å². The molecule has 504 valence electrons. The Labute approximate surface area is 517 Å². The highest BCUT2D eigenvalue weighted by Gasteiger charge is 2.30. The Morgan fingerprint density at radius 2 is 0.541 bits per heavy atom. The molecular weight excluding hydrogens is 1130 g/mol. The number of phosphoric acid groups is 2. The van der Waals surface area contributed by atoms with Crippen LogP contribution in [0.5, 0.6) is 0 Å². The summed E-state index contributed by atoms with van der Waals surface area (Å²) in [7, 11) is -9.89. The van der Waals surface area contributed by atoms with E-state index in [0.29, 0.717) is 25.7 Å². The average Bonchev–Trinajstić information content (AvgIpc) is 3.57. The Bertz CT molecular complexity index is 1680. The van der Waals surface area contributed by atoms with Crippen molar-refractivity contribution in [3.05, 3.63) is 0 Å². The van der Waals surface area contributed by atoms with Crippen molar-refractivity contribution in [1.82, 2.24) is 0 Å². The largest absolute Gasteiger partial charge is 0.472 e. The van der Waals surface area contributed by atoms with Gasteiger partial charge in [-0.3, -0.25) is 37.3 Å². The molecule has 0 aliphatic carbocycles. The zero-order chi connectivity index (χ0) is 63.1. The van der Waals surface area contributed by atoms with Gasteiger partial charge in [-0.25, -0.2) is 9.13 Å². The van der Waals surface area contributed by atoms with Gasteiger partial charge in [0.05, 0.1) is 26.4 Å². The van der Waals surface area contributed by atoms with Crippen LogP contribution in [0.3, 0.4) is 0 Å². The number of hydrogen-bond acceptors (Lipinski definition) is 15. The third-order valence-corrected chi connectivity index (χ3v) is 17.0. The quantitative estimate of drug-likeness (QED) is 0.0222. The number of ether oxygens (including phenoxy) is 4. The maximum atomic E-state index is 13.0. The topological polar surface area (TPSA) is 237 Å². The first-order chi connectivity index (χ1) is 40.7. The van der Waals surface area contributed by atoms with E-state index in [9.17, 15) is 43.2 Å². The molecule has 5 atom stereocenters. The molecule has 0 aliphatic heterocycles. The second-order valence-electron chi connectivity index (χ2n) is 25.3. The highest BCUT2D eigenvalue weighted by atomic mass is 31.2. The van der Waals surface area contributed by atoms with Gasteiger partial charge < -0.3 is 33.8 Å². The van der Waals surface area contributed by atoms with E-state index in [-0.39, 0.29) is 25.7 Å². The van der Waals surface area contributed by atoms with Crippen molar-refractivity contribution in [2.75, 3.05) is 39.6 Å². The van der Waals surface area contributed by atoms with Crippen molar-refractivity contribution >= 4 is 39.5 Å². The monoisotopic (exact) mass is 1250 g/mol. The molecule has 0 fully saturated rings. The Hall–Kier alpha value is -1.94. The molecule has 0 rings (SSSR count). The number of rotatable bonds is 64. The molecule has 3 N–H and O–H groups in total. The number of unbranched alkanes of at least 4 members (excludes halogenated alkanes) is 32. The van der Waals surface area contributed by atoms with Crippen molar-refractivity contribution < 1.29 is 80.2 Å². The van der Waals surface area contributed by atoms with Gasteiger partial charge in [-0.1, -0.05) is 273 Å². The molecule has 19 heteroatoms. The molecule has 0 amide bonds. The van der Waals surface area contributed by atoms with Crippen LogP contribution in [0.2, 0.25) is 0 Å². The predicted molar refractivity (Wildman–Crippen MR) is 340 cm³/mol. The van der Waals surface area contributed by atoms with Crippen LogP contribution >= 0.6 is 15.6 Å². The lowest BCUT2D eigenvalue weighted by Gasteiger charge is -2.21. The minimum Gasteiger partial charge on any atom is -0.462 e. The minimum absolute atomic E-state index is 0.104. The van der Waals surface area contributed by atoms with Crippen LogP contribution < -0.4 is 0 Å². The third-order valence-electron chi connectivity index (χ3n) is 15.1. The van der Waals surface area contributed by atoms with Crippen LogP contribution in [0, 0.1) is 17.8 Å². The summed E-state index contributed by atoms with van der Waals surface area (Å²) in [4.78, 5) is 72.3. The number of aliphatic hydroxyl groups is 1. The lowest BCUT2D eigenvalue weighted by molar-refractivity contribution is -0.161. The molecule has 0 bridgehead atoms. The Balaban J connectivity index is 5.24. The molecular formula is C66H128O17P2. The summed E-state index contributed by atoms with van der Waals surface area (Å²) in [6, 6.07) is 0. The second kappa shape index (κ2) is 57.2. The summed E-state index contributed by atoms with van der Waals surface area (Å²) in [5.74, 6) is 0.0933. The second-order valence-corrected chi connectivity index (χ2v) is 28.2. The standard InChI is InChI=1S/C66H128O17P2/c1-8-9-10-11-12-26-33-40-47-63(68)76-53-61(83-66(71)50-43-36-29-22-21-25-32-39-46-59(6)7)55-80-84(72,73)78-51-60(67)52-79-85(74,75)81-56-62(82-65(70)49-42-35-28-20-16-14-18-24-31-38-45-58(4)5)54-77-64(69)48-41-34-27-19-15-13-17-23-30-37-44-57(2)3/h57-62,67H,8-56H2,1-7H3,(H,72,73)(H,74,75)/t60-,61+,62+/m0/s1. The van der Waals surface area contributed by atoms with Gasteiger partial charge in [-0.05, 0) is 43.4 Å². The number of carbonyl (C=O) groups is 4. The third kappa shape index (κ3) is 60.7. The van der Waals surface area contributed by atoms with Crippen LogP contribution in [0.1, 0.15) is 325 Å². The SMILES string of the molecule is CCCCCCCCCCC(=O)OC[C@H](COP(=O)(O)OC[C@H](O)COP(=O)(O)OC[C@@H](COC(=O)CCCCCCCCCCCCC(C)C)OC(=O)CCCCCCCCCCCCC(C)C)OC(=O)CCCCCCCCCCC(C)C. The maximum absolute atomic E-state index is 13.0. The first-order valence-electron chi connectivity index (χ1n) is 34.3. The first-order valence-corrected chi connectivity index (χ1v) is 37.3. The molecule has 0 aromatic heterocycles. The molecule has 0 saturated carbocycles. The summed E-state index contributed by atoms with van der Waals surface area (Å²) in [5, 5.41) is 10.5. The molecule has 85 heavy (non-hydrogen) atoms. The highest BCUT2D eigenvalue weighted by molar-refractivity contribution is 7.47. The predicted octanol–water partition coefficient (Wildman–Crippen LogP) is 18.3. The Morgan fingerprint density at radius 1 is 0.318 bits per heavy atom. The average molecular weight is 1260 g/mol. The van der Waals surface area contributed by atoms with E-state index in [1.165, 1.54) is 128 Å². The van der Waals surface area contributed by atoms with Gasteiger partial charge in [0.25, 0.3) is 0 Å². The lowest BCUT2D eigenvalue weighted by Crippen LogP contribution is -2.30. The van der Waals surface area contributed by atoms with Gasteiger partial charge in [0, 0.05) is 25.7 Å². The Morgan fingerprint density at radius 3 is 0.800 bits per heavy atom. The van der Waals surface area contributed by atoms with E-state index in [1.54, 1.807) is 0 Å². The zero-order valence-electron chi connectivity index (χ0n) is 55.1. The molecule has 17 nitrogen and oxygen atoms in total. The van der Waals surface area contributed by atoms with Crippen molar-refractivity contribution in [2.24, 2.45) is 17.8 Å². The van der Waals surface area contributed by atoms with Crippen molar-refractivity contribution in [1.29, 1.82) is 0 Å². The van der Waals surface area contributed by atoms with Crippen molar-refractivity contribution in [3.63, 3.8) is 0 Å². The smallest absolute Gasteiger partial charge is 0.462 e. The molecule has 2 unspecified atom stereocenters. The molecule has 0 aromatic carbocycles. The molecule has 0 aliphatic rings. The molecule has 0 spiro atoms. The summed E-state index contributed by atoms with van der Waals surface area (Å²) in [6.45, 7) is 11.7. The Kier molecular flexibility index (Phi) is 55.9. The van der Waals surface area contributed by atoms with E-state index in [0.717, 1.165) is 114 Å². The van der Waals surface area contributed by atoms with Crippen LogP contribution in [0.25, 0.3) is 0 Å². The van der Waals surface area contributed by atoms with Crippen molar-refractivity contribution in [3.8, 4) is 0 Å². The fourth-order valence-corrected chi connectivity index (χ4v) is 11.4. The lowest BCUT2D eigenvalue weighted by atomic mass is 10.0. The summed E-state index contributed by atoms with van der Waals surface area (Å²) in [6.07, 6.45) is 39.0. The van der Waals surface area contributed by atoms with Crippen LogP contribution in [-0.2, 0) is 65.4 Å². The number of phosphoric ester groups is 2. The number of carbonyl (C=O) groups excluding carboxylic acids is 4. The molecule has 0 radical (unpaired) electrons. The van der Waals surface area contributed by atoms with Crippen LogP contribution in [0.15, 0.2) is 0 Å². The number of aliphatic hydroxyl groups excluding tert-OH is 1. The van der Waals surface area contributed by atoms with Gasteiger partial charge in [0.1, 0.15) is 19.3 Å². The summed E-state index contributed by atoms with van der Waals surface area (Å²) in [5.41, 5.74) is 0. The fourth-order valence-electron chi connectivity index (χ4n) is 9.83. The van der Waals surface area contributed by atoms with Gasteiger partial charge in [0.2, 0.25) is 0 Å². The first kappa shape index (κ1) is 83.1. The van der Waals surface area contributed by atoms with Gasteiger partial charge >= 0.3 is 39.5 Å². The van der Waals surface area contributed by atoms with Crippen molar-refractivity contribution in [2.45, 2.75) is 343 Å². The molecule has 0 saturated heterocycles. The highest BCUT2D eigenvalue weighted by Crippen LogP contribution is 2.45. The van der Waals surface area contributed by atoms with Crippen LogP contribution in [0.4, 0.5) is 0 Å². The zero-order valence-corrected chi connectivity index (χ0v) is 56.9. The van der Waals surface area contributed by atoms with Gasteiger partial charge in [-0.2, -0.15) is 0 Å². The van der Waals surface area contributed by atoms with Gasteiger partial charge in [0.15, 0.2) is 12.2 Å². The maximum Gasteiger partial charge on any atom is 0.472 e. The number of esters is 4. The van der Waals surface area contributed by atoms with E-state index < -0.39 is 97.5 Å². The van der Waals surface area contributed by atoms with E-state index >= 15 is 0 Å². The minimum atomic E-state index is -4.95. The fraction of sp³-hybridized carbons (Fsp3) is 0.939. The normalized spacial score (nSPS) is 14.3. The van der Waals surface area contributed by atoms with E-state index in [2.05, 4.69) is 48.5 Å². The molecule has 0 aromatic rings. The van der Waals surface area contributed by atoms with Crippen LogP contribution in [-0.4, -0.2) is 96.7 Å². The molecule has 0 heterocycles. The number of hydrogen-bond donors (Lipinski definition) is 3. The summed E-state index contributed by atoms with van der Waals surface area (Å²) < 4.78 is 68.0. The van der Waals surface area contributed by atoms with E-state index in [4.69, 9.17) is 37.0 Å². The van der Waals surface area contributed by atoms with Gasteiger partial charge in [-0.15, -0.1) is 0 Å². The summed E-state index contributed by atoms with van der Waals surface area (Å²) >= 11 is 0.